The van der Waals surface area contributed by atoms with Gasteiger partial charge in [-0.3, -0.25) is 4.79 Å². The second kappa shape index (κ2) is 8.31. The molecule has 31 heavy (non-hydrogen) atoms. The Morgan fingerprint density at radius 1 is 0.871 bits per heavy atom. The van der Waals surface area contributed by atoms with Crippen molar-refractivity contribution >= 4 is 17.2 Å². The fourth-order valence-electron chi connectivity index (χ4n) is 4.69. The van der Waals surface area contributed by atoms with Crippen LogP contribution in [0.2, 0.25) is 0 Å². The van der Waals surface area contributed by atoms with Crippen molar-refractivity contribution in [2.45, 2.75) is 31.7 Å². The summed E-state index contributed by atoms with van der Waals surface area (Å²) < 4.78 is 5.93. The van der Waals surface area contributed by atoms with Crippen LogP contribution in [0.5, 0.6) is 5.75 Å². The smallest absolute Gasteiger partial charge is 0.163 e. The molecule has 0 bridgehead atoms. The fraction of sp³-hybridized carbons (Fsp3) is 0.222. The third kappa shape index (κ3) is 3.70. The van der Waals surface area contributed by atoms with Gasteiger partial charge in [0.05, 0.1) is 24.0 Å². The van der Waals surface area contributed by atoms with Crippen LogP contribution in [0, 0.1) is 0 Å². The van der Waals surface area contributed by atoms with Gasteiger partial charge in [0.15, 0.2) is 5.78 Å². The van der Waals surface area contributed by atoms with Crippen LogP contribution in [-0.2, 0) is 4.79 Å². The highest BCUT2D eigenvalue weighted by Gasteiger charge is 2.36. The Kier molecular flexibility index (Phi) is 5.21. The Morgan fingerprint density at radius 2 is 1.58 bits per heavy atom. The average molecular weight is 411 g/mol. The molecule has 4 nitrogen and oxygen atoms in total. The van der Waals surface area contributed by atoms with Crippen LogP contribution in [0.15, 0.2) is 90.1 Å². The van der Waals surface area contributed by atoms with Crippen LogP contribution in [0.1, 0.15) is 42.9 Å². The number of allylic oxidation sites excluding steroid dienone is 1. The van der Waals surface area contributed by atoms with Crippen LogP contribution in [0.4, 0.5) is 11.4 Å². The summed E-state index contributed by atoms with van der Waals surface area (Å²) in [6, 6.07) is 26.2. The van der Waals surface area contributed by atoms with Crippen LogP contribution in [0.25, 0.3) is 0 Å². The molecule has 0 saturated carbocycles. The molecular formula is C27H26N2O2. The van der Waals surface area contributed by atoms with Gasteiger partial charge in [-0.25, -0.2) is 0 Å². The summed E-state index contributed by atoms with van der Waals surface area (Å²) in [7, 11) is 0. The van der Waals surface area contributed by atoms with Gasteiger partial charge in [-0.2, -0.15) is 0 Å². The molecule has 3 aromatic rings. The topological polar surface area (TPSA) is 50.4 Å². The number of anilines is 2. The molecule has 0 spiro atoms. The molecular weight excluding hydrogens is 384 g/mol. The molecule has 1 aliphatic heterocycles. The summed E-state index contributed by atoms with van der Waals surface area (Å²) in [6.07, 6.45) is 1.31. The predicted molar refractivity (Wildman–Crippen MR) is 124 cm³/mol. The molecule has 156 valence electrons. The molecule has 5 rings (SSSR count). The molecule has 2 atom stereocenters. The minimum Gasteiger partial charge on any atom is -0.494 e. The number of benzene rings is 3. The molecule has 0 aromatic heterocycles. The van der Waals surface area contributed by atoms with Gasteiger partial charge in [-0.1, -0.05) is 60.7 Å². The lowest BCUT2D eigenvalue weighted by Crippen LogP contribution is -2.27. The first-order valence-electron chi connectivity index (χ1n) is 10.9. The third-order valence-electron chi connectivity index (χ3n) is 6.11. The third-order valence-corrected chi connectivity index (χ3v) is 6.11. The van der Waals surface area contributed by atoms with Gasteiger partial charge in [0, 0.05) is 23.3 Å². The van der Waals surface area contributed by atoms with Crippen LogP contribution < -0.4 is 15.4 Å². The molecule has 2 aliphatic rings. The summed E-state index contributed by atoms with van der Waals surface area (Å²) in [5, 5.41) is 7.24. The minimum atomic E-state index is -0.266. The summed E-state index contributed by atoms with van der Waals surface area (Å²) in [5.74, 6) is 1.17. The maximum atomic E-state index is 13.6. The Morgan fingerprint density at radius 3 is 2.39 bits per heavy atom. The van der Waals surface area contributed by atoms with E-state index in [1.807, 2.05) is 55.5 Å². The number of carbonyl (C=O) groups is 1. The summed E-state index contributed by atoms with van der Waals surface area (Å²) >= 11 is 0. The second-order valence-corrected chi connectivity index (χ2v) is 8.05. The first-order valence-corrected chi connectivity index (χ1v) is 10.9. The largest absolute Gasteiger partial charge is 0.494 e. The van der Waals surface area contributed by atoms with Crippen LogP contribution in [-0.4, -0.2) is 12.4 Å². The lowest BCUT2D eigenvalue weighted by Gasteiger charge is -2.30. The SMILES string of the molecule is CCOc1ccccc1[C@@H]1Nc2ccccc2NC2=C1C(=O)C[C@@H](c1ccccc1)C2. The Labute approximate surface area is 183 Å². The van der Waals surface area contributed by atoms with Crippen molar-refractivity contribution in [1.29, 1.82) is 0 Å². The number of para-hydroxylation sites is 3. The van der Waals surface area contributed by atoms with E-state index < -0.39 is 0 Å². The highest BCUT2D eigenvalue weighted by atomic mass is 16.5. The monoisotopic (exact) mass is 410 g/mol. The van der Waals surface area contributed by atoms with Crippen LogP contribution >= 0.6 is 0 Å². The molecule has 0 amide bonds. The zero-order chi connectivity index (χ0) is 21.2. The molecule has 0 saturated heterocycles. The summed E-state index contributed by atoms with van der Waals surface area (Å²) in [4.78, 5) is 13.6. The van der Waals surface area contributed by atoms with E-state index in [0.717, 1.165) is 40.4 Å². The van der Waals surface area contributed by atoms with Gasteiger partial charge in [0.1, 0.15) is 5.75 Å². The molecule has 0 fully saturated rings. The lowest BCUT2D eigenvalue weighted by atomic mass is 9.78. The molecule has 0 unspecified atom stereocenters. The number of hydrogen-bond donors (Lipinski definition) is 2. The quantitative estimate of drug-likeness (QED) is 0.548. The molecule has 2 N–H and O–H groups in total. The van der Waals surface area contributed by atoms with E-state index in [4.69, 9.17) is 4.74 Å². The molecule has 1 heterocycles. The van der Waals surface area contributed by atoms with Crippen molar-refractivity contribution in [3.63, 3.8) is 0 Å². The van der Waals surface area contributed by atoms with Crippen LogP contribution in [0.3, 0.4) is 0 Å². The average Bonchev–Trinajstić information content (AvgIpc) is 2.97. The number of Topliss-reactive ketones (excluding diaryl/α,β-unsaturated/α-hetero) is 1. The Hall–Kier alpha value is -3.53. The fourth-order valence-corrected chi connectivity index (χ4v) is 4.69. The first kappa shape index (κ1) is 19.4. The van der Waals surface area contributed by atoms with E-state index in [1.54, 1.807) is 0 Å². The predicted octanol–water partition coefficient (Wildman–Crippen LogP) is 6.06. The maximum Gasteiger partial charge on any atom is 0.163 e. The zero-order valence-electron chi connectivity index (χ0n) is 17.6. The number of nitrogens with one attached hydrogen (secondary N) is 2. The van der Waals surface area contributed by atoms with Crippen molar-refractivity contribution in [2.75, 3.05) is 17.2 Å². The highest BCUT2D eigenvalue weighted by molar-refractivity contribution is 6.01. The van der Waals surface area contributed by atoms with Gasteiger partial charge in [0.2, 0.25) is 0 Å². The number of ether oxygens (including phenoxy) is 1. The molecule has 1 aliphatic carbocycles. The van der Waals surface area contributed by atoms with Crippen molar-refractivity contribution in [2.24, 2.45) is 0 Å². The lowest BCUT2D eigenvalue weighted by molar-refractivity contribution is -0.116. The number of rotatable bonds is 4. The van der Waals surface area contributed by atoms with E-state index >= 15 is 0 Å². The summed E-state index contributed by atoms with van der Waals surface area (Å²) in [6.45, 7) is 2.56. The zero-order valence-corrected chi connectivity index (χ0v) is 17.6. The van der Waals surface area contributed by atoms with E-state index in [9.17, 15) is 4.79 Å². The van der Waals surface area contributed by atoms with Gasteiger partial charge in [-0.15, -0.1) is 0 Å². The molecule has 0 radical (unpaired) electrons. The van der Waals surface area contributed by atoms with Crippen molar-refractivity contribution < 1.29 is 9.53 Å². The van der Waals surface area contributed by atoms with Gasteiger partial charge < -0.3 is 15.4 Å². The number of ketones is 1. The number of carbonyl (C=O) groups excluding carboxylic acids is 1. The number of fused-ring (bicyclic) bond motifs is 1. The van der Waals surface area contributed by atoms with E-state index in [1.165, 1.54) is 5.56 Å². The standard InChI is InChI=1S/C27H26N2O2/c1-2-31-25-15-9-6-12-20(25)27-26-23(28-21-13-7-8-14-22(21)29-27)16-19(17-24(26)30)18-10-4-3-5-11-18/h3-15,19,27-29H,2,16-17H2,1H3/t19-,27-/m0/s1. The second-order valence-electron chi connectivity index (χ2n) is 8.05. The van der Waals surface area contributed by atoms with Crippen molar-refractivity contribution in [3.8, 4) is 5.75 Å². The molecule has 3 aromatic carbocycles. The van der Waals surface area contributed by atoms with E-state index in [0.29, 0.717) is 13.0 Å². The van der Waals surface area contributed by atoms with Gasteiger partial charge >= 0.3 is 0 Å². The van der Waals surface area contributed by atoms with Gasteiger partial charge in [0.25, 0.3) is 0 Å². The van der Waals surface area contributed by atoms with E-state index in [-0.39, 0.29) is 17.7 Å². The minimum absolute atomic E-state index is 0.174. The molecule has 4 heteroatoms. The number of hydrogen-bond acceptors (Lipinski definition) is 4. The van der Waals surface area contributed by atoms with Crippen molar-refractivity contribution in [1.82, 2.24) is 0 Å². The maximum absolute atomic E-state index is 13.6. The Balaban J connectivity index is 1.63. The van der Waals surface area contributed by atoms with Gasteiger partial charge in [-0.05, 0) is 43.0 Å². The summed E-state index contributed by atoms with van der Waals surface area (Å²) in [5.41, 5.74) is 5.99. The van der Waals surface area contributed by atoms with E-state index in [2.05, 4.69) is 41.0 Å². The Bertz CT molecular complexity index is 1140. The highest BCUT2D eigenvalue weighted by Crippen LogP contribution is 2.45. The van der Waals surface area contributed by atoms with Crippen molar-refractivity contribution in [3.05, 3.63) is 101 Å². The normalized spacial score (nSPS) is 20.1. The first-order chi connectivity index (χ1) is 15.2.